The van der Waals surface area contributed by atoms with Crippen LogP contribution in [-0.4, -0.2) is 25.5 Å². The van der Waals surface area contributed by atoms with Crippen molar-refractivity contribution in [2.24, 2.45) is 7.05 Å². The zero-order chi connectivity index (χ0) is 14.8. The van der Waals surface area contributed by atoms with Gasteiger partial charge in [0.2, 0.25) is 0 Å². The molecule has 7 nitrogen and oxygen atoms in total. The molecule has 0 amide bonds. The van der Waals surface area contributed by atoms with Crippen molar-refractivity contribution in [3.8, 4) is 0 Å². The summed E-state index contributed by atoms with van der Waals surface area (Å²) in [5.41, 5.74) is 7.79. The van der Waals surface area contributed by atoms with E-state index < -0.39 is 0 Å². The van der Waals surface area contributed by atoms with Crippen LogP contribution in [0, 0.1) is 0 Å². The van der Waals surface area contributed by atoms with Crippen LogP contribution in [-0.2, 0) is 29.7 Å². The molecule has 0 aliphatic carbocycles. The Morgan fingerprint density at radius 1 is 1.38 bits per heavy atom. The summed E-state index contributed by atoms with van der Waals surface area (Å²) in [6, 6.07) is 7.81. The van der Waals surface area contributed by atoms with Crippen molar-refractivity contribution < 1.29 is 9.53 Å². The summed E-state index contributed by atoms with van der Waals surface area (Å²) < 4.78 is 8.46. The summed E-state index contributed by atoms with van der Waals surface area (Å²) in [6.07, 6.45) is 3.07. The number of carbonyl (C=O) groups excluding carboxylic acids is 1. The minimum absolute atomic E-state index is 0.0297. The number of hydrogen-bond donors (Lipinski definition) is 1. The molecule has 108 valence electrons. The Bertz CT molecular complexity index is 790. The molecule has 0 spiro atoms. The molecule has 21 heavy (non-hydrogen) atoms. The zero-order valence-electron chi connectivity index (χ0n) is 11.6. The molecule has 7 heteroatoms. The highest BCUT2D eigenvalue weighted by atomic mass is 16.5. The average Bonchev–Trinajstić information content (AvgIpc) is 3.01. The highest BCUT2D eigenvalue weighted by molar-refractivity contribution is 5.82. The van der Waals surface area contributed by atoms with Gasteiger partial charge in [-0.2, -0.15) is 10.2 Å². The lowest BCUT2D eigenvalue weighted by molar-refractivity contribution is -0.146. The number of para-hydroxylation sites is 1. The van der Waals surface area contributed by atoms with Crippen LogP contribution in [0.5, 0.6) is 0 Å². The number of fused-ring (bicyclic) bond motifs is 1. The number of nitrogens with zero attached hydrogens (tertiary/aromatic N) is 4. The van der Waals surface area contributed by atoms with Gasteiger partial charge in [0, 0.05) is 18.6 Å². The van der Waals surface area contributed by atoms with E-state index in [1.807, 2.05) is 31.3 Å². The Hall–Kier alpha value is -2.83. The van der Waals surface area contributed by atoms with Gasteiger partial charge in [-0.25, -0.2) is 0 Å². The lowest BCUT2D eigenvalue weighted by atomic mass is 10.2. The number of anilines is 1. The second-order valence-corrected chi connectivity index (χ2v) is 4.72. The summed E-state index contributed by atoms with van der Waals surface area (Å²) in [6.45, 7) is 0.166. The maximum absolute atomic E-state index is 11.8. The summed E-state index contributed by atoms with van der Waals surface area (Å²) in [7, 11) is 1.86. The highest BCUT2D eigenvalue weighted by Crippen LogP contribution is 2.18. The van der Waals surface area contributed by atoms with E-state index in [4.69, 9.17) is 10.5 Å². The summed E-state index contributed by atoms with van der Waals surface area (Å²) in [5.74, 6) is -0.382. The lowest BCUT2D eigenvalue weighted by Gasteiger charge is -2.03. The van der Waals surface area contributed by atoms with Crippen molar-refractivity contribution in [1.29, 1.82) is 0 Å². The van der Waals surface area contributed by atoms with Gasteiger partial charge in [-0.1, -0.05) is 18.2 Å². The maximum Gasteiger partial charge on any atom is 0.328 e. The predicted molar refractivity (Wildman–Crippen MR) is 77.1 cm³/mol. The first-order chi connectivity index (χ1) is 10.1. The van der Waals surface area contributed by atoms with Crippen LogP contribution < -0.4 is 5.73 Å². The largest absolute Gasteiger partial charge is 0.458 e. The summed E-state index contributed by atoms with van der Waals surface area (Å²) in [4.78, 5) is 11.8. The molecule has 2 aromatic heterocycles. The van der Waals surface area contributed by atoms with E-state index in [2.05, 4.69) is 10.2 Å². The van der Waals surface area contributed by atoms with Crippen LogP contribution in [0.2, 0.25) is 0 Å². The van der Waals surface area contributed by atoms with Crippen LogP contribution in [0.3, 0.4) is 0 Å². The molecule has 2 N–H and O–H groups in total. The minimum atomic E-state index is -0.382. The van der Waals surface area contributed by atoms with Gasteiger partial charge in [0.15, 0.2) is 0 Å². The molecule has 2 heterocycles. The van der Waals surface area contributed by atoms with E-state index in [9.17, 15) is 4.79 Å². The number of hydrogen-bond acceptors (Lipinski definition) is 5. The van der Waals surface area contributed by atoms with Gasteiger partial charge in [0.25, 0.3) is 0 Å². The van der Waals surface area contributed by atoms with E-state index in [-0.39, 0.29) is 19.1 Å². The second kappa shape index (κ2) is 5.28. The molecule has 0 saturated carbocycles. The monoisotopic (exact) mass is 285 g/mol. The molecular weight excluding hydrogens is 270 g/mol. The molecule has 0 aliphatic heterocycles. The minimum Gasteiger partial charge on any atom is -0.458 e. The molecule has 0 saturated heterocycles. The van der Waals surface area contributed by atoms with Crippen molar-refractivity contribution in [3.05, 3.63) is 42.4 Å². The molecule has 3 aromatic rings. The van der Waals surface area contributed by atoms with Gasteiger partial charge in [0.1, 0.15) is 18.8 Å². The number of nitrogen functional groups attached to an aromatic ring is 1. The third-order valence-corrected chi connectivity index (χ3v) is 3.15. The van der Waals surface area contributed by atoms with Crippen molar-refractivity contribution in [1.82, 2.24) is 19.6 Å². The topological polar surface area (TPSA) is 88.0 Å². The summed E-state index contributed by atoms with van der Waals surface area (Å²) in [5, 5.41) is 9.29. The Morgan fingerprint density at radius 2 is 2.19 bits per heavy atom. The first-order valence-electron chi connectivity index (χ1n) is 6.47. The Kier molecular flexibility index (Phi) is 3.31. The van der Waals surface area contributed by atoms with Crippen molar-refractivity contribution in [2.75, 3.05) is 5.73 Å². The van der Waals surface area contributed by atoms with Gasteiger partial charge in [-0.3, -0.25) is 14.2 Å². The van der Waals surface area contributed by atoms with Crippen LogP contribution >= 0.6 is 0 Å². The van der Waals surface area contributed by atoms with Gasteiger partial charge < -0.3 is 10.5 Å². The molecule has 0 unspecified atom stereocenters. The SMILES string of the molecule is Cn1nc(COC(=O)Cn2cc(N)cn2)c2ccccc21. The van der Waals surface area contributed by atoms with Crippen molar-refractivity contribution in [2.45, 2.75) is 13.2 Å². The van der Waals surface area contributed by atoms with Gasteiger partial charge >= 0.3 is 5.97 Å². The Balaban J connectivity index is 1.67. The lowest BCUT2D eigenvalue weighted by Crippen LogP contribution is -2.14. The van der Waals surface area contributed by atoms with E-state index in [0.717, 1.165) is 16.6 Å². The standard InChI is InChI=1S/C14H15N5O2/c1-18-13-5-3-2-4-11(13)12(17-18)9-21-14(20)8-19-7-10(15)6-16-19/h2-7H,8-9,15H2,1H3. The molecule has 1 aromatic carbocycles. The third-order valence-electron chi connectivity index (χ3n) is 3.15. The summed E-state index contributed by atoms with van der Waals surface area (Å²) >= 11 is 0. The third kappa shape index (κ3) is 2.71. The highest BCUT2D eigenvalue weighted by Gasteiger charge is 2.11. The molecule has 0 bridgehead atoms. The van der Waals surface area contributed by atoms with E-state index in [0.29, 0.717) is 5.69 Å². The van der Waals surface area contributed by atoms with Gasteiger partial charge in [-0.15, -0.1) is 0 Å². The Morgan fingerprint density at radius 3 is 2.95 bits per heavy atom. The smallest absolute Gasteiger partial charge is 0.328 e. The quantitative estimate of drug-likeness (QED) is 0.725. The van der Waals surface area contributed by atoms with E-state index in [1.165, 1.54) is 10.9 Å². The van der Waals surface area contributed by atoms with Gasteiger partial charge in [0.05, 0.1) is 17.4 Å². The van der Waals surface area contributed by atoms with Crippen LogP contribution in [0.4, 0.5) is 5.69 Å². The van der Waals surface area contributed by atoms with E-state index in [1.54, 1.807) is 10.9 Å². The second-order valence-electron chi connectivity index (χ2n) is 4.72. The van der Waals surface area contributed by atoms with Crippen molar-refractivity contribution in [3.63, 3.8) is 0 Å². The fraction of sp³-hybridized carbons (Fsp3) is 0.214. The fourth-order valence-electron chi connectivity index (χ4n) is 2.19. The van der Waals surface area contributed by atoms with Crippen LogP contribution in [0.1, 0.15) is 5.69 Å². The Labute approximate surface area is 120 Å². The number of carbonyl (C=O) groups is 1. The zero-order valence-corrected chi connectivity index (χ0v) is 11.6. The molecule has 3 rings (SSSR count). The molecule has 0 radical (unpaired) electrons. The number of rotatable bonds is 4. The predicted octanol–water partition coefficient (Wildman–Crippen LogP) is 1.10. The molecule has 0 fully saturated rings. The van der Waals surface area contributed by atoms with Gasteiger partial charge in [-0.05, 0) is 6.07 Å². The number of ether oxygens (including phenoxy) is 1. The normalized spacial score (nSPS) is 10.9. The fourth-order valence-corrected chi connectivity index (χ4v) is 2.19. The number of esters is 1. The number of nitrogens with two attached hydrogens (primary N) is 1. The molecule has 0 aliphatic rings. The number of aryl methyl sites for hydroxylation is 1. The molecule has 0 atom stereocenters. The average molecular weight is 285 g/mol. The molecular formula is C14H15N5O2. The first kappa shape index (κ1) is 13.2. The van der Waals surface area contributed by atoms with E-state index >= 15 is 0 Å². The van der Waals surface area contributed by atoms with Crippen molar-refractivity contribution >= 4 is 22.6 Å². The first-order valence-corrected chi connectivity index (χ1v) is 6.47. The number of benzene rings is 1. The van der Waals surface area contributed by atoms with Crippen LogP contribution in [0.15, 0.2) is 36.7 Å². The van der Waals surface area contributed by atoms with Crippen LogP contribution in [0.25, 0.3) is 10.9 Å². The maximum atomic E-state index is 11.8. The number of aromatic nitrogens is 4.